The Morgan fingerprint density at radius 3 is 1.24 bits per heavy atom. The molecule has 51 heavy (non-hydrogen) atoms. The number of aryl methyl sites for hydroxylation is 3. The van der Waals surface area contributed by atoms with Crippen molar-refractivity contribution in [3.05, 3.63) is 142 Å². The fraction of sp³-hybridized carbons (Fsp3) is 0.174. The highest BCUT2D eigenvalue weighted by atomic mass is 15.1. The Hall–Kier alpha value is -5.78. The Labute approximate surface area is 299 Å². The van der Waals surface area contributed by atoms with Gasteiger partial charge in [-0.3, -0.25) is 4.90 Å². The lowest BCUT2D eigenvalue weighted by atomic mass is 10.0. The molecule has 3 aromatic carbocycles. The van der Waals surface area contributed by atoms with Crippen molar-refractivity contribution in [3.8, 4) is 33.4 Å². The summed E-state index contributed by atoms with van der Waals surface area (Å²) in [6.45, 7) is 9.46. The first-order valence-corrected chi connectivity index (χ1v) is 18.1. The quantitative estimate of drug-likeness (QED) is 0.193. The number of H-pyrrole nitrogens is 2. The van der Waals surface area contributed by atoms with Gasteiger partial charge in [-0.25, -0.2) is 9.97 Å². The second-order valence-corrected chi connectivity index (χ2v) is 14.2. The summed E-state index contributed by atoms with van der Waals surface area (Å²) in [4.78, 5) is 21.1. The minimum Gasteiger partial charge on any atom is -0.355 e. The summed E-state index contributed by atoms with van der Waals surface area (Å²) >= 11 is 0. The van der Waals surface area contributed by atoms with Gasteiger partial charge in [-0.15, -0.1) is 0 Å². The van der Waals surface area contributed by atoms with Crippen LogP contribution in [0.5, 0.6) is 0 Å². The lowest BCUT2D eigenvalue weighted by molar-refractivity contribution is 0.332. The monoisotopic (exact) mass is 663 g/mol. The molecule has 0 saturated carbocycles. The van der Waals surface area contributed by atoms with Gasteiger partial charge < -0.3 is 9.97 Å². The fourth-order valence-corrected chi connectivity index (χ4v) is 7.67. The molecular weight excluding hydrogens is 623 g/mol. The molecule has 5 nitrogen and oxygen atoms in total. The molecule has 0 amide bonds. The van der Waals surface area contributed by atoms with Crippen molar-refractivity contribution in [1.82, 2.24) is 24.8 Å². The van der Waals surface area contributed by atoms with Crippen LogP contribution in [0, 0.1) is 20.8 Å². The van der Waals surface area contributed by atoms with E-state index in [-0.39, 0.29) is 0 Å². The number of nitrogens with zero attached hydrogens (tertiary/aromatic N) is 3. The standard InChI is InChI=1S/C46H41N5/c1-29-6-12-32(13-7-29)44-38-20-18-36(47-38)35(28-51-26-4-5-27-51)37-19-21-39(48-37)45(33-14-8-30(2)9-15-33)41-23-25-43(50-41)46(42-24-22-40(44)49-42)34-16-10-31(3)11-17-34/h6-25,47,50H,4-5,26-28H2,1-3H3. The molecule has 3 aliphatic rings. The molecule has 6 heterocycles. The van der Waals surface area contributed by atoms with Crippen LogP contribution in [0.4, 0.5) is 0 Å². The molecule has 0 unspecified atom stereocenters. The Morgan fingerprint density at radius 1 is 0.451 bits per heavy atom. The van der Waals surface area contributed by atoms with Gasteiger partial charge in [0.2, 0.25) is 0 Å². The Morgan fingerprint density at radius 2 is 0.804 bits per heavy atom. The van der Waals surface area contributed by atoms with Crippen LogP contribution in [0.15, 0.2) is 97.1 Å². The number of benzene rings is 3. The van der Waals surface area contributed by atoms with E-state index in [0.29, 0.717) is 0 Å². The molecule has 0 spiro atoms. The Kier molecular flexibility index (Phi) is 7.86. The van der Waals surface area contributed by atoms with Crippen LogP contribution in [0.2, 0.25) is 0 Å². The van der Waals surface area contributed by atoms with E-state index in [9.17, 15) is 0 Å². The van der Waals surface area contributed by atoms with Crippen molar-refractivity contribution in [2.24, 2.45) is 0 Å². The van der Waals surface area contributed by atoms with Crippen molar-refractivity contribution in [3.63, 3.8) is 0 Å². The molecule has 3 aliphatic heterocycles. The van der Waals surface area contributed by atoms with Crippen molar-refractivity contribution < 1.29 is 0 Å². The number of fused-ring (bicyclic) bond motifs is 8. The maximum atomic E-state index is 5.43. The molecule has 3 aromatic heterocycles. The maximum Gasteiger partial charge on any atom is 0.0737 e. The summed E-state index contributed by atoms with van der Waals surface area (Å²) < 4.78 is 0. The van der Waals surface area contributed by atoms with Crippen LogP contribution in [0.25, 0.3) is 79.8 Å². The van der Waals surface area contributed by atoms with Gasteiger partial charge in [0.25, 0.3) is 0 Å². The predicted molar refractivity (Wildman–Crippen MR) is 214 cm³/mol. The molecule has 5 heteroatoms. The van der Waals surface area contributed by atoms with Gasteiger partial charge in [-0.2, -0.15) is 0 Å². The number of hydrogen-bond donors (Lipinski definition) is 2. The van der Waals surface area contributed by atoms with Gasteiger partial charge in [-0.05, 0) is 112 Å². The van der Waals surface area contributed by atoms with Crippen LogP contribution in [-0.2, 0) is 6.54 Å². The van der Waals surface area contributed by atoms with E-state index in [1.165, 1.54) is 35.1 Å². The largest absolute Gasteiger partial charge is 0.355 e. The highest BCUT2D eigenvalue weighted by Crippen LogP contribution is 2.37. The fourth-order valence-electron chi connectivity index (χ4n) is 7.67. The zero-order chi connectivity index (χ0) is 34.5. The summed E-state index contributed by atoms with van der Waals surface area (Å²) in [6, 6.07) is 35.2. The van der Waals surface area contributed by atoms with E-state index in [2.05, 4.69) is 157 Å². The summed E-state index contributed by atoms with van der Waals surface area (Å²) in [5.74, 6) is 0. The normalized spacial score (nSPS) is 14.1. The van der Waals surface area contributed by atoms with E-state index in [4.69, 9.17) is 9.97 Å². The van der Waals surface area contributed by atoms with Crippen molar-refractivity contribution in [2.45, 2.75) is 40.2 Å². The third-order valence-corrected chi connectivity index (χ3v) is 10.5. The first kappa shape index (κ1) is 31.2. The molecule has 2 N–H and O–H groups in total. The average Bonchev–Trinajstić information content (AvgIpc) is 3.99. The van der Waals surface area contributed by atoms with Crippen LogP contribution >= 0.6 is 0 Å². The molecule has 0 aliphatic carbocycles. The maximum absolute atomic E-state index is 5.43. The molecule has 1 fully saturated rings. The summed E-state index contributed by atoms with van der Waals surface area (Å²) in [5.41, 5.74) is 19.5. The van der Waals surface area contributed by atoms with Gasteiger partial charge >= 0.3 is 0 Å². The molecular formula is C46H41N5. The van der Waals surface area contributed by atoms with Gasteiger partial charge in [0.05, 0.1) is 22.8 Å². The Balaban J connectivity index is 1.43. The second kappa shape index (κ2) is 12.8. The van der Waals surface area contributed by atoms with Gasteiger partial charge in [0.15, 0.2) is 0 Å². The third-order valence-electron chi connectivity index (χ3n) is 10.5. The number of aromatic amines is 2. The van der Waals surface area contributed by atoms with Crippen LogP contribution in [-0.4, -0.2) is 37.9 Å². The molecule has 250 valence electrons. The van der Waals surface area contributed by atoms with E-state index in [1.807, 2.05) is 0 Å². The second-order valence-electron chi connectivity index (χ2n) is 14.2. The first-order chi connectivity index (χ1) is 25.0. The lowest BCUT2D eigenvalue weighted by Gasteiger charge is -2.15. The van der Waals surface area contributed by atoms with Gasteiger partial charge in [0.1, 0.15) is 0 Å². The van der Waals surface area contributed by atoms with Gasteiger partial charge in [-0.1, -0.05) is 89.5 Å². The third kappa shape index (κ3) is 5.94. The topological polar surface area (TPSA) is 60.6 Å². The zero-order valence-electron chi connectivity index (χ0n) is 29.4. The lowest BCUT2D eigenvalue weighted by Crippen LogP contribution is -2.19. The Bertz CT molecular complexity index is 2460. The van der Waals surface area contributed by atoms with E-state index in [0.717, 1.165) is 97.9 Å². The smallest absolute Gasteiger partial charge is 0.0737 e. The summed E-state index contributed by atoms with van der Waals surface area (Å²) in [5, 5.41) is 0. The van der Waals surface area contributed by atoms with Crippen molar-refractivity contribution in [1.29, 1.82) is 0 Å². The molecule has 9 rings (SSSR count). The SMILES string of the molecule is Cc1ccc(-c2c3nc(c(-c4ccc(C)cc4)c4ccc([nH]4)c(-c4ccc(C)cc4)c4nc(c(CN5CCCC5)c5ccc2[nH]5)C=C4)C=C3)cc1. The summed E-state index contributed by atoms with van der Waals surface area (Å²) in [6.07, 6.45) is 11.2. The number of rotatable bonds is 5. The highest BCUT2D eigenvalue weighted by molar-refractivity contribution is 5.97. The number of aromatic nitrogens is 4. The average molecular weight is 664 g/mol. The van der Waals surface area contributed by atoms with E-state index in [1.54, 1.807) is 0 Å². The number of nitrogens with one attached hydrogen (secondary N) is 2. The van der Waals surface area contributed by atoms with E-state index >= 15 is 0 Å². The molecule has 0 radical (unpaired) electrons. The summed E-state index contributed by atoms with van der Waals surface area (Å²) in [7, 11) is 0. The zero-order valence-corrected chi connectivity index (χ0v) is 29.4. The van der Waals surface area contributed by atoms with Crippen LogP contribution in [0.1, 0.15) is 57.9 Å². The minimum absolute atomic E-state index is 0.844. The van der Waals surface area contributed by atoms with Crippen molar-refractivity contribution >= 4 is 46.4 Å². The minimum atomic E-state index is 0.844. The highest BCUT2D eigenvalue weighted by Gasteiger charge is 2.20. The number of hydrogen-bond acceptors (Lipinski definition) is 3. The predicted octanol–water partition coefficient (Wildman–Crippen LogP) is 11.2. The first-order valence-electron chi connectivity index (χ1n) is 18.1. The molecule has 8 bridgehead atoms. The van der Waals surface area contributed by atoms with Crippen LogP contribution in [0.3, 0.4) is 0 Å². The van der Waals surface area contributed by atoms with Crippen molar-refractivity contribution in [2.75, 3.05) is 13.1 Å². The molecule has 6 aromatic rings. The molecule has 0 atom stereocenters. The van der Waals surface area contributed by atoms with Crippen LogP contribution < -0.4 is 0 Å². The van der Waals surface area contributed by atoms with Gasteiger partial charge in [0, 0.05) is 50.9 Å². The number of likely N-dealkylation sites (tertiary alicyclic amines) is 1. The molecule has 1 saturated heterocycles. The van der Waals surface area contributed by atoms with E-state index < -0.39 is 0 Å².